The second-order valence-corrected chi connectivity index (χ2v) is 9.42. The fourth-order valence-corrected chi connectivity index (χ4v) is 3.82. The first-order valence-electron chi connectivity index (χ1n) is 11.4. The molecule has 39 heavy (non-hydrogen) atoms. The van der Waals surface area contributed by atoms with Gasteiger partial charge in [-0.1, -0.05) is 11.6 Å². The van der Waals surface area contributed by atoms with E-state index >= 15 is 0 Å². The van der Waals surface area contributed by atoms with Gasteiger partial charge in [-0.25, -0.2) is 23.7 Å². The van der Waals surface area contributed by atoms with Crippen LogP contribution >= 0.6 is 11.6 Å². The lowest BCUT2D eigenvalue weighted by molar-refractivity contribution is -0.190. The van der Waals surface area contributed by atoms with Crippen LogP contribution in [0.2, 0.25) is 5.02 Å². The SMILES string of the molecule is COC(C)(C)c1nccc(-c2cc(-n3c(C)cc(OC(F)(F)c4ncc(F)cc4F)c(Cl)c3=O)c(C)cn2)n1. The van der Waals surface area contributed by atoms with Crippen molar-refractivity contribution in [3.63, 3.8) is 0 Å². The third-order valence-electron chi connectivity index (χ3n) is 5.90. The maximum absolute atomic E-state index is 14.7. The third kappa shape index (κ3) is 5.48. The maximum atomic E-state index is 14.7. The number of hydrogen-bond acceptors (Lipinski definition) is 7. The normalized spacial score (nSPS) is 12.1. The molecule has 0 aliphatic rings. The fourth-order valence-electron chi connectivity index (χ4n) is 3.65. The van der Waals surface area contributed by atoms with E-state index in [-0.39, 0.29) is 11.8 Å². The molecular formula is C26H22ClF4N5O3. The monoisotopic (exact) mass is 563 g/mol. The van der Waals surface area contributed by atoms with E-state index in [1.54, 1.807) is 39.1 Å². The molecule has 0 fully saturated rings. The molecule has 0 N–H and O–H groups in total. The summed E-state index contributed by atoms with van der Waals surface area (Å²) < 4.78 is 67.7. The van der Waals surface area contributed by atoms with Crippen molar-refractivity contribution in [3.8, 4) is 22.8 Å². The minimum absolute atomic E-state index is 0.173. The van der Waals surface area contributed by atoms with E-state index in [2.05, 4.69) is 24.7 Å². The highest BCUT2D eigenvalue weighted by Gasteiger charge is 2.41. The van der Waals surface area contributed by atoms with E-state index in [1.165, 1.54) is 24.8 Å². The van der Waals surface area contributed by atoms with Crippen molar-refractivity contribution in [1.82, 2.24) is 24.5 Å². The van der Waals surface area contributed by atoms with Crippen LogP contribution in [0, 0.1) is 25.5 Å². The van der Waals surface area contributed by atoms with Crippen LogP contribution in [0.3, 0.4) is 0 Å². The first-order valence-corrected chi connectivity index (χ1v) is 11.8. The Kier molecular flexibility index (Phi) is 7.46. The first-order chi connectivity index (χ1) is 18.2. The van der Waals surface area contributed by atoms with Crippen LogP contribution < -0.4 is 10.3 Å². The number of aryl methyl sites for hydroxylation is 2. The molecule has 0 aliphatic carbocycles. The fraction of sp³-hybridized carbons (Fsp3) is 0.269. The Bertz CT molecular complexity index is 1630. The van der Waals surface area contributed by atoms with Crippen molar-refractivity contribution >= 4 is 11.6 Å². The van der Waals surface area contributed by atoms with Gasteiger partial charge in [-0.2, -0.15) is 8.78 Å². The van der Waals surface area contributed by atoms with Crippen molar-refractivity contribution in [1.29, 1.82) is 0 Å². The van der Waals surface area contributed by atoms with Crippen molar-refractivity contribution in [2.75, 3.05) is 7.11 Å². The van der Waals surface area contributed by atoms with E-state index in [0.29, 0.717) is 34.7 Å². The predicted octanol–water partition coefficient (Wildman–Crippen LogP) is 5.64. The number of alkyl halides is 2. The molecule has 0 saturated carbocycles. The zero-order valence-electron chi connectivity index (χ0n) is 21.4. The molecule has 0 spiro atoms. The molecule has 204 valence electrons. The Labute approximate surface area is 225 Å². The van der Waals surface area contributed by atoms with Crippen LogP contribution in [0.25, 0.3) is 17.1 Å². The molecular weight excluding hydrogens is 542 g/mol. The number of methoxy groups -OCH3 is 1. The Balaban J connectivity index is 1.77. The van der Waals surface area contributed by atoms with Gasteiger partial charge in [-0.05, 0) is 45.4 Å². The molecule has 0 saturated heterocycles. The van der Waals surface area contributed by atoms with E-state index in [9.17, 15) is 22.4 Å². The minimum atomic E-state index is -4.35. The van der Waals surface area contributed by atoms with Crippen LogP contribution in [-0.4, -0.2) is 31.6 Å². The van der Waals surface area contributed by atoms with Gasteiger partial charge in [0.25, 0.3) is 5.56 Å². The Morgan fingerprint density at radius 1 is 1.00 bits per heavy atom. The lowest BCUT2D eigenvalue weighted by Crippen LogP contribution is -2.28. The summed E-state index contributed by atoms with van der Waals surface area (Å²) in [7, 11) is 1.53. The predicted molar refractivity (Wildman–Crippen MR) is 134 cm³/mol. The molecule has 4 aromatic heterocycles. The molecule has 0 aliphatic heterocycles. The molecule has 8 nitrogen and oxygen atoms in total. The zero-order valence-corrected chi connectivity index (χ0v) is 22.1. The molecule has 4 aromatic rings. The van der Waals surface area contributed by atoms with Crippen LogP contribution in [0.5, 0.6) is 5.75 Å². The Hall–Kier alpha value is -3.90. The van der Waals surface area contributed by atoms with Crippen LogP contribution in [0.15, 0.2) is 47.7 Å². The molecule has 13 heteroatoms. The van der Waals surface area contributed by atoms with E-state index in [1.807, 2.05) is 0 Å². The van der Waals surface area contributed by atoms with E-state index in [0.717, 1.165) is 6.07 Å². The summed E-state index contributed by atoms with van der Waals surface area (Å²) in [6.07, 6.45) is -0.859. The van der Waals surface area contributed by atoms with E-state index < -0.39 is 45.4 Å². The summed E-state index contributed by atoms with van der Waals surface area (Å²) in [6, 6.07) is 4.58. The second-order valence-electron chi connectivity index (χ2n) is 9.04. The topological polar surface area (TPSA) is 92.0 Å². The molecule has 0 aromatic carbocycles. The number of ether oxygens (including phenoxy) is 2. The zero-order chi connectivity index (χ0) is 28.7. The lowest BCUT2D eigenvalue weighted by atomic mass is 10.1. The summed E-state index contributed by atoms with van der Waals surface area (Å²) in [5.41, 5.74) is -1.14. The highest BCUT2D eigenvalue weighted by molar-refractivity contribution is 6.31. The number of hydrogen-bond donors (Lipinski definition) is 0. The van der Waals surface area contributed by atoms with Gasteiger partial charge in [0, 0.05) is 37.3 Å². The average molecular weight is 564 g/mol. The number of pyridine rings is 3. The summed E-state index contributed by atoms with van der Waals surface area (Å²) in [5.74, 6) is -3.06. The highest BCUT2D eigenvalue weighted by Crippen LogP contribution is 2.35. The van der Waals surface area contributed by atoms with Gasteiger partial charge in [0.1, 0.15) is 16.4 Å². The van der Waals surface area contributed by atoms with Gasteiger partial charge >= 0.3 is 6.11 Å². The van der Waals surface area contributed by atoms with Crippen molar-refractivity contribution in [3.05, 3.63) is 92.6 Å². The second kappa shape index (κ2) is 10.3. The minimum Gasteiger partial charge on any atom is -0.426 e. The standard InChI is InChI=1S/C26H22ClF4N5O3/c1-13-11-33-18(17-6-7-32-24(35-17)25(3,4)38-5)10-19(13)36-14(2)8-20(21(27)23(36)37)39-26(30,31)22-16(29)9-15(28)12-34-22/h6-12H,1-5H3. The van der Waals surface area contributed by atoms with E-state index in [4.69, 9.17) is 16.3 Å². The Morgan fingerprint density at radius 3 is 2.38 bits per heavy atom. The average Bonchev–Trinajstić information content (AvgIpc) is 2.88. The summed E-state index contributed by atoms with van der Waals surface area (Å²) >= 11 is 6.16. The molecule has 4 heterocycles. The smallest absolute Gasteiger partial charge is 0.426 e. The van der Waals surface area contributed by atoms with Crippen molar-refractivity contribution in [2.24, 2.45) is 0 Å². The van der Waals surface area contributed by atoms with Crippen molar-refractivity contribution in [2.45, 2.75) is 39.4 Å². The summed E-state index contributed by atoms with van der Waals surface area (Å²) in [6.45, 7) is 6.78. The molecule has 0 bridgehead atoms. The molecule has 0 atom stereocenters. The van der Waals surface area contributed by atoms with Crippen LogP contribution in [0.1, 0.15) is 36.6 Å². The lowest BCUT2D eigenvalue weighted by Gasteiger charge is -2.21. The van der Waals surface area contributed by atoms with Gasteiger partial charge in [0.15, 0.2) is 23.1 Å². The number of rotatable bonds is 7. The van der Waals surface area contributed by atoms with Gasteiger partial charge in [0.05, 0.1) is 23.3 Å². The first kappa shape index (κ1) is 28.1. The Morgan fingerprint density at radius 2 is 1.72 bits per heavy atom. The van der Waals surface area contributed by atoms with Gasteiger partial charge in [0.2, 0.25) is 0 Å². The quantitative estimate of drug-likeness (QED) is 0.269. The molecule has 4 rings (SSSR count). The summed E-state index contributed by atoms with van der Waals surface area (Å²) in [4.78, 5) is 29.6. The molecule has 0 amide bonds. The van der Waals surface area contributed by atoms with Gasteiger partial charge in [-0.15, -0.1) is 0 Å². The largest absolute Gasteiger partial charge is 0.447 e. The molecule has 0 unspecified atom stereocenters. The number of nitrogens with zero attached hydrogens (tertiary/aromatic N) is 5. The third-order valence-corrected chi connectivity index (χ3v) is 6.25. The van der Waals surface area contributed by atoms with Crippen LogP contribution in [-0.2, 0) is 16.4 Å². The highest BCUT2D eigenvalue weighted by atomic mass is 35.5. The number of aromatic nitrogens is 5. The number of halogens is 5. The molecule has 0 radical (unpaired) electrons. The van der Waals surface area contributed by atoms with Crippen LogP contribution in [0.4, 0.5) is 17.6 Å². The summed E-state index contributed by atoms with van der Waals surface area (Å²) in [5, 5.41) is -0.688. The van der Waals surface area contributed by atoms with Crippen molar-refractivity contribution < 1.29 is 27.0 Å². The maximum Gasteiger partial charge on any atom is 0.447 e. The van der Waals surface area contributed by atoms with Gasteiger partial charge in [-0.3, -0.25) is 14.3 Å². The van der Waals surface area contributed by atoms with Gasteiger partial charge < -0.3 is 9.47 Å².